The molecule has 0 atom stereocenters. The van der Waals surface area contributed by atoms with Crippen molar-refractivity contribution in [3.8, 4) is 5.75 Å². The van der Waals surface area contributed by atoms with Crippen LogP contribution in [0.3, 0.4) is 0 Å². The average Bonchev–Trinajstić information content (AvgIpc) is 3.17. The van der Waals surface area contributed by atoms with Crippen LogP contribution in [0.5, 0.6) is 5.75 Å². The zero-order valence-electron chi connectivity index (χ0n) is 15.2. The van der Waals surface area contributed by atoms with Gasteiger partial charge < -0.3 is 14.6 Å². The van der Waals surface area contributed by atoms with Crippen molar-refractivity contribution in [2.24, 2.45) is 0 Å². The monoisotopic (exact) mass is 345 g/mol. The number of pyridine rings is 1. The van der Waals surface area contributed by atoms with E-state index in [9.17, 15) is 0 Å². The van der Waals surface area contributed by atoms with Crippen LogP contribution in [0.25, 0.3) is 17.1 Å². The number of hydrogen-bond donors (Lipinski definition) is 1. The maximum absolute atomic E-state index is 5.28. The molecule has 3 heterocycles. The number of H-pyrrole nitrogens is 1. The summed E-state index contributed by atoms with van der Waals surface area (Å²) >= 11 is 0. The van der Waals surface area contributed by atoms with Crippen LogP contribution >= 0.6 is 0 Å². The molecule has 1 N–H and O–H groups in total. The van der Waals surface area contributed by atoms with Crippen molar-refractivity contribution >= 4 is 22.8 Å². The normalized spacial score (nSPS) is 14.8. The lowest BCUT2D eigenvalue weighted by atomic mass is 10.0. The van der Waals surface area contributed by atoms with Crippen molar-refractivity contribution in [3.05, 3.63) is 71.6 Å². The molecular weight excluding hydrogens is 322 g/mol. The summed E-state index contributed by atoms with van der Waals surface area (Å²) in [7, 11) is 1.70. The van der Waals surface area contributed by atoms with Crippen molar-refractivity contribution in [1.29, 1.82) is 0 Å². The van der Waals surface area contributed by atoms with Crippen molar-refractivity contribution in [1.82, 2.24) is 9.97 Å². The van der Waals surface area contributed by atoms with E-state index in [2.05, 4.69) is 52.2 Å². The maximum Gasteiger partial charge on any atom is 0.137 e. The molecule has 0 spiro atoms. The molecular formula is C22H23N3O. The van der Waals surface area contributed by atoms with E-state index >= 15 is 0 Å². The highest BCUT2D eigenvalue weighted by Gasteiger charge is 2.15. The number of anilines is 1. The molecule has 4 heteroatoms. The predicted molar refractivity (Wildman–Crippen MR) is 108 cm³/mol. The van der Waals surface area contributed by atoms with Crippen molar-refractivity contribution in [3.63, 3.8) is 0 Å². The fourth-order valence-electron chi connectivity index (χ4n) is 3.45. The Bertz CT molecular complexity index is 984. The zero-order valence-corrected chi connectivity index (χ0v) is 15.2. The van der Waals surface area contributed by atoms with Gasteiger partial charge in [0.25, 0.3) is 0 Å². The average molecular weight is 345 g/mol. The maximum atomic E-state index is 5.28. The highest BCUT2D eigenvalue weighted by Crippen LogP contribution is 2.28. The molecule has 0 fully saturated rings. The third-order valence-electron chi connectivity index (χ3n) is 5.00. The van der Waals surface area contributed by atoms with Gasteiger partial charge in [-0.25, -0.2) is 4.98 Å². The first-order valence-corrected chi connectivity index (χ1v) is 8.93. The lowest BCUT2D eigenvalue weighted by Gasteiger charge is -2.29. The molecule has 132 valence electrons. The summed E-state index contributed by atoms with van der Waals surface area (Å²) in [6.45, 7) is 4.10. The van der Waals surface area contributed by atoms with Crippen LogP contribution in [0.1, 0.15) is 17.5 Å². The van der Waals surface area contributed by atoms with Gasteiger partial charge in [0.1, 0.15) is 11.4 Å². The van der Waals surface area contributed by atoms with Crippen LogP contribution in [0.15, 0.2) is 60.5 Å². The molecule has 1 aliphatic heterocycles. The molecule has 0 amide bonds. The standard InChI is InChI=1S/C22H23N3O/c1-16-20-8-11-23-22(20)24-15-21(16)25-12-9-17(10-13-25)6-7-18-4-3-5-19(14-18)26-2/h3-9,11,14-15H,10,12-13H2,1-2H3,(H,23,24). The number of hydrogen-bond acceptors (Lipinski definition) is 3. The van der Waals surface area contributed by atoms with Gasteiger partial charge >= 0.3 is 0 Å². The van der Waals surface area contributed by atoms with Crippen LogP contribution in [0.2, 0.25) is 0 Å². The van der Waals surface area contributed by atoms with Crippen LogP contribution in [-0.2, 0) is 0 Å². The molecule has 2 aromatic heterocycles. The number of nitrogens with one attached hydrogen (secondary N) is 1. The third-order valence-corrected chi connectivity index (χ3v) is 5.00. The second kappa shape index (κ2) is 7.08. The largest absolute Gasteiger partial charge is 0.497 e. The summed E-state index contributed by atoms with van der Waals surface area (Å²) in [5.74, 6) is 0.888. The van der Waals surface area contributed by atoms with Crippen molar-refractivity contribution < 1.29 is 4.74 Å². The molecule has 0 unspecified atom stereocenters. The zero-order chi connectivity index (χ0) is 17.9. The Hall–Kier alpha value is -3.01. The molecule has 0 aliphatic carbocycles. The number of ether oxygens (including phenoxy) is 1. The molecule has 1 aromatic carbocycles. The highest BCUT2D eigenvalue weighted by molar-refractivity contribution is 5.84. The second-order valence-corrected chi connectivity index (χ2v) is 6.59. The minimum absolute atomic E-state index is 0.888. The van der Waals surface area contributed by atoms with Crippen LogP contribution in [0, 0.1) is 6.92 Å². The summed E-state index contributed by atoms with van der Waals surface area (Å²) < 4.78 is 5.28. The molecule has 1 aliphatic rings. The number of benzene rings is 1. The highest BCUT2D eigenvalue weighted by atomic mass is 16.5. The Labute approximate surface area is 153 Å². The quantitative estimate of drug-likeness (QED) is 0.743. The van der Waals surface area contributed by atoms with Gasteiger partial charge in [0.05, 0.1) is 19.0 Å². The van der Waals surface area contributed by atoms with Crippen molar-refractivity contribution in [2.75, 3.05) is 25.1 Å². The van der Waals surface area contributed by atoms with Gasteiger partial charge in [-0.2, -0.15) is 0 Å². The molecule has 0 saturated carbocycles. The minimum Gasteiger partial charge on any atom is -0.497 e. The first-order valence-electron chi connectivity index (χ1n) is 8.93. The number of allylic oxidation sites excluding steroid dienone is 1. The van der Waals surface area contributed by atoms with E-state index in [1.165, 1.54) is 22.2 Å². The van der Waals surface area contributed by atoms with E-state index in [0.29, 0.717) is 0 Å². The van der Waals surface area contributed by atoms with Gasteiger partial charge in [-0.05, 0) is 48.2 Å². The molecule has 0 radical (unpaired) electrons. The van der Waals surface area contributed by atoms with E-state index in [4.69, 9.17) is 4.74 Å². The minimum atomic E-state index is 0.888. The smallest absolute Gasteiger partial charge is 0.137 e. The molecule has 26 heavy (non-hydrogen) atoms. The second-order valence-electron chi connectivity index (χ2n) is 6.59. The Morgan fingerprint density at radius 1 is 1.23 bits per heavy atom. The first-order chi connectivity index (χ1) is 12.7. The van der Waals surface area contributed by atoms with Gasteiger partial charge in [0.15, 0.2) is 0 Å². The van der Waals surface area contributed by atoms with Crippen molar-refractivity contribution in [2.45, 2.75) is 13.3 Å². The van der Waals surface area contributed by atoms with E-state index < -0.39 is 0 Å². The molecule has 4 nitrogen and oxygen atoms in total. The number of fused-ring (bicyclic) bond motifs is 1. The number of rotatable bonds is 4. The Morgan fingerprint density at radius 2 is 2.15 bits per heavy atom. The molecule has 0 bridgehead atoms. The third kappa shape index (κ3) is 3.23. The van der Waals surface area contributed by atoms with Crippen LogP contribution in [0.4, 0.5) is 5.69 Å². The number of aryl methyl sites for hydroxylation is 1. The van der Waals surface area contributed by atoms with Crippen LogP contribution in [-0.4, -0.2) is 30.2 Å². The number of nitrogens with zero attached hydrogens (tertiary/aromatic N) is 2. The van der Waals surface area contributed by atoms with E-state index in [1.807, 2.05) is 30.6 Å². The van der Waals surface area contributed by atoms with E-state index in [0.717, 1.165) is 36.5 Å². The number of aromatic nitrogens is 2. The van der Waals surface area contributed by atoms with Crippen LogP contribution < -0.4 is 9.64 Å². The summed E-state index contributed by atoms with van der Waals surface area (Å²) in [4.78, 5) is 10.1. The summed E-state index contributed by atoms with van der Waals surface area (Å²) in [6.07, 6.45) is 11.6. The van der Waals surface area contributed by atoms with Gasteiger partial charge in [0, 0.05) is 24.7 Å². The fourth-order valence-corrected chi connectivity index (χ4v) is 3.45. The number of methoxy groups -OCH3 is 1. The van der Waals surface area contributed by atoms with E-state index in [-0.39, 0.29) is 0 Å². The SMILES string of the molecule is COc1cccc(C=CC2=CCN(c3cnc4[nH]ccc4c3C)CC2)c1. The topological polar surface area (TPSA) is 41.1 Å². The molecule has 4 rings (SSSR count). The number of aromatic amines is 1. The molecule has 3 aromatic rings. The van der Waals surface area contributed by atoms with Gasteiger partial charge in [0.2, 0.25) is 0 Å². The van der Waals surface area contributed by atoms with Gasteiger partial charge in [-0.1, -0.05) is 30.4 Å². The predicted octanol–water partition coefficient (Wildman–Crippen LogP) is 4.73. The Kier molecular flexibility index (Phi) is 4.48. The fraction of sp³-hybridized carbons (Fsp3) is 0.227. The molecule has 0 saturated heterocycles. The Morgan fingerprint density at radius 3 is 2.96 bits per heavy atom. The first kappa shape index (κ1) is 16.5. The summed E-state index contributed by atoms with van der Waals surface area (Å²) in [5, 5.41) is 1.20. The lowest BCUT2D eigenvalue weighted by molar-refractivity contribution is 0.414. The lowest BCUT2D eigenvalue weighted by Crippen LogP contribution is -2.29. The van der Waals surface area contributed by atoms with E-state index in [1.54, 1.807) is 7.11 Å². The van der Waals surface area contributed by atoms with Gasteiger partial charge in [-0.3, -0.25) is 0 Å². The van der Waals surface area contributed by atoms with Gasteiger partial charge in [-0.15, -0.1) is 0 Å². The summed E-state index contributed by atoms with van der Waals surface area (Å²) in [6, 6.07) is 10.2. The summed E-state index contributed by atoms with van der Waals surface area (Å²) in [5.41, 5.74) is 6.01. The Balaban J connectivity index is 1.49.